The summed E-state index contributed by atoms with van der Waals surface area (Å²) in [6, 6.07) is 36.0. The molecule has 0 aliphatic carbocycles. The Morgan fingerprint density at radius 2 is 1.13 bits per heavy atom. The molecule has 0 radical (unpaired) electrons. The maximum atomic E-state index is 13.6. The molecule has 158 valence electrons. The van der Waals surface area contributed by atoms with Crippen molar-refractivity contribution in [2.75, 3.05) is 13.3 Å². The van der Waals surface area contributed by atoms with Crippen LogP contribution in [-0.4, -0.2) is 13.3 Å². The van der Waals surface area contributed by atoms with Gasteiger partial charge in [0.25, 0.3) is 0 Å². The normalized spacial score (nSPS) is 11.8. The number of halogens is 2. The first kappa shape index (κ1) is 21.2. The van der Waals surface area contributed by atoms with Gasteiger partial charge in [0.1, 0.15) is 0 Å². The van der Waals surface area contributed by atoms with E-state index in [0.717, 1.165) is 11.7 Å². The molecule has 0 aromatic heterocycles. The van der Waals surface area contributed by atoms with Crippen molar-refractivity contribution in [3.05, 3.63) is 121 Å². The zero-order valence-electron chi connectivity index (χ0n) is 17.2. The fourth-order valence-corrected chi connectivity index (χ4v) is 8.87. The Balaban J connectivity index is 1.90. The zero-order valence-corrected chi connectivity index (χ0v) is 18.2. The standard InChI is InChI=1S/C27H25F2OP/c28-19-20-30-24-15-17-27(18-16-24)31(25-7-3-1-4-8-25,26-9-5-2-6-10-26)21-22-11-13-23(29)14-12-22/h1-18,31H,19-21H2/i28-1. The number of hydrogen-bond acceptors (Lipinski definition) is 1. The molecular weight excluding hydrogens is 408 g/mol. The van der Waals surface area contributed by atoms with E-state index in [1.165, 1.54) is 28.0 Å². The van der Waals surface area contributed by atoms with Gasteiger partial charge < -0.3 is 0 Å². The predicted octanol–water partition coefficient (Wildman–Crippen LogP) is 5.40. The first-order valence-electron chi connectivity index (χ1n) is 10.4. The molecule has 1 nitrogen and oxygen atoms in total. The molecule has 0 heterocycles. The van der Waals surface area contributed by atoms with Crippen molar-refractivity contribution in [3.8, 4) is 5.75 Å². The van der Waals surface area contributed by atoms with E-state index < -0.39 is 13.9 Å². The second kappa shape index (κ2) is 9.85. The minimum absolute atomic E-state index is 0.0505. The number of benzene rings is 4. The average Bonchev–Trinajstić information content (AvgIpc) is 2.84. The van der Waals surface area contributed by atoms with Gasteiger partial charge in [-0.15, -0.1) is 0 Å². The topological polar surface area (TPSA) is 9.23 Å². The number of ether oxygens (including phenoxy) is 1. The van der Waals surface area contributed by atoms with E-state index in [1.54, 1.807) is 0 Å². The third-order valence-electron chi connectivity index (χ3n) is 5.61. The van der Waals surface area contributed by atoms with Gasteiger partial charge >= 0.3 is 182 Å². The molecule has 0 amide bonds. The Bertz CT molecular complexity index is 1040. The van der Waals surface area contributed by atoms with Crippen molar-refractivity contribution in [3.63, 3.8) is 0 Å². The second-order valence-corrected chi connectivity index (χ2v) is 11.4. The summed E-state index contributed by atoms with van der Waals surface area (Å²) < 4.78 is 31.6. The second-order valence-electron chi connectivity index (χ2n) is 7.50. The minimum atomic E-state index is -2.49. The van der Waals surface area contributed by atoms with Gasteiger partial charge in [-0.05, 0) is 0 Å². The zero-order chi connectivity index (χ0) is 21.5. The van der Waals surface area contributed by atoms with Crippen LogP contribution in [-0.2, 0) is 6.16 Å². The van der Waals surface area contributed by atoms with Crippen LogP contribution in [0, 0.1) is 5.82 Å². The molecule has 4 aromatic carbocycles. The van der Waals surface area contributed by atoms with Crippen molar-refractivity contribution in [1.82, 2.24) is 0 Å². The Hall–Kier alpha value is -3.03. The van der Waals surface area contributed by atoms with Crippen LogP contribution in [0.15, 0.2) is 109 Å². The molecule has 4 aromatic rings. The summed E-state index contributed by atoms with van der Waals surface area (Å²) in [4.78, 5) is 0. The molecule has 0 spiro atoms. The molecule has 0 unspecified atom stereocenters. The first-order valence-corrected chi connectivity index (χ1v) is 12.6. The van der Waals surface area contributed by atoms with Crippen LogP contribution in [0.4, 0.5) is 8.78 Å². The van der Waals surface area contributed by atoms with Crippen LogP contribution in [0.1, 0.15) is 5.56 Å². The van der Waals surface area contributed by atoms with Crippen molar-refractivity contribution in [1.29, 1.82) is 0 Å². The van der Waals surface area contributed by atoms with Crippen molar-refractivity contribution in [2.45, 2.75) is 6.16 Å². The molecule has 31 heavy (non-hydrogen) atoms. The maximum absolute atomic E-state index is 13.6. The Morgan fingerprint density at radius 1 is 0.613 bits per heavy atom. The van der Waals surface area contributed by atoms with Gasteiger partial charge in [-0.3, -0.25) is 0 Å². The van der Waals surface area contributed by atoms with Gasteiger partial charge in [-0.1, -0.05) is 0 Å². The third kappa shape index (κ3) is 4.68. The van der Waals surface area contributed by atoms with E-state index in [0.29, 0.717) is 5.75 Å². The first-order chi connectivity index (χ1) is 15.2. The molecule has 0 saturated carbocycles. The van der Waals surface area contributed by atoms with E-state index in [2.05, 4.69) is 60.7 Å². The molecular formula is C27H25F2OP. The van der Waals surface area contributed by atoms with Crippen LogP contribution in [0.2, 0.25) is 0 Å². The summed E-state index contributed by atoms with van der Waals surface area (Å²) in [5, 5.41) is 3.78. The Kier molecular flexibility index (Phi) is 6.74. The fraction of sp³-hybridized carbons (Fsp3) is 0.111. The third-order valence-corrected chi connectivity index (χ3v) is 10.5. The van der Waals surface area contributed by atoms with Crippen LogP contribution >= 0.6 is 7.26 Å². The molecule has 4 rings (SSSR count). The van der Waals surface area contributed by atoms with Crippen LogP contribution in [0.5, 0.6) is 5.75 Å². The van der Waals surface area contributed by atoms with Gasteiger partial charge in [0.15, 0.2) is 0 Å². The van der Waals surface area contributed by atoms with Crippen LogP contribution < -0.4 is 20.7 Å². The molecule has 0 N–H and O–H groups in total. The summed E-state index contributed by atoms with van der Waals surface area (Å²) in [6.07, 6.45) is 0.798. The van der Waals surface area contributed by atoms with Gasteiger partial charge in [0, 0.05) is 0 Å². The fourth-order valence-electron chi connectivity index (χ4n) is 4.15. The average molecular weight is 433 g/mol. The molecule has 0 atom stereocenters. The van der Waals surface area contributed by atoms with Gasteiger partial charge in [-0.2, -0.15) is 0 Å². The van der Waals surface area contributed by atoms with Crippen LogP contribution in [0.3, 0.4) is 0 Å². The molecule has 0 fully saturated rings. The summed E-state index contributed by atoms with van der Waals surface area (Å²) in [6.45, 7) is -0.464. The van der Waals surface area contributed by atoms with Crippen molar-refractivity contribution in [2.24, 2.45) is 0 Å². The summed E-state index contributed by atoms with van der Waals surface area (Å²) >= 11 is 0. The molecule has 0 bridgehead atoms. The predicted molar refractivity (Wildman–Crippen MR) is 128 cm³/mol. The quantitative estimate of drug-likeness (QED) is 0.338. The Labute approximate surface area is 182 Å². The van der Waals surface area contributed by atoms with Gasteiger partial charge in [0.05, 0.1) is 0 Å². The summed E-state index contributed by atoms with van der Waals surface area (Å²) in [5.74, 6) is 0.428. The van der Waals surface area contributed by atoms with E-state index in [1.807, 2.05) is 36.4 Å². The van der Waals surface area contributed by atoms with Gasteiger partial charge in [0.2, 0.25) is 0 Å². The monoisotopic (exact) mass is 433 g/mol. The van der Waals surface area contributed by atoms with Gasteiger partial charge in [-0.25, -0.2) is 0 Å². The van der Waals surface area contributed by atoms with E-state index in [4.69, 9.17) is 4.74 Å². The van der Waals surface area contributed by atoms with E-state index in [9.17, 15) is 8.78 Å². The summed E-state index contributed by atoms with van der Waals surface area (Å²) in [5.41, 5.74) is 1.10. The number of hydrogen-bond donors (Lipinski definition) is 0. The van der Waals surface area contributed by atoms with Crippen LogP contribution in [0.25, 0.3) is 0 Å². The van der Waals surface area contributed by atoms with Crippen molar-refractivity contribution < 1.29 is 13.5 Å². The van der Waals surface area contributed by atoms with E-state index in [-0.39, 0.29) is 12.4 Å². The molecule has 0 aliphatic heterocycles. The SMILES string of the molecule is Fc1ccc(C[PH](c2ccccc2)(c2ccccc2)c2ccc(OCC[18F])cc2)cc1. The summed E-state index contributed by atoms with van der Waals surface area (Å²) in [7, 11) is -2.49. The van der Waals surface area contributed by atoms with Crippen molar-refractivity contribution >= 4 is 23.2 Å². The number of rotatable bonds is 8. The molecule has 0 aliphatic rings. The molecule has 4 heteroatoms. The molecule has 0 saturated heterocycles. The Morgan fingerprint density at radius 3 is 1.65 bits per heavy atom. The van der Waals surface area contributed by atoms with E-state index >= 15 is 0 Å². The number of alkyl halides is 1.